The van der Waals surface area contributed by atoms with Gasteiger partial charge in [0.1, 0.15) is 12.0 Å². The molecular weight excluding hydrogens is 351 g/mol. The summed E-state index contributed by atoms with van der Waals surface area (Å²) in [5.41, 5.74) is 0. The van der Waals surface area contributed by atoms with Crippen LogP contribution < -0.4 is 0 Å². The van der Waals surface area contributed by atoms with Crippen molar-refractivity contribution in [3.63, 3.8) is 0 Å². The quantitative estimate of drug-likeness (QED) is 0.290. The molecule has 5 nitrogen and oxygen atoms in total. The first-order valence-electron chi connectivity index (χ1n) is 9.57. The maximum absolute atomic E-state index is 14.3. The number of rotatable bonds is 11. The van der Waals surface area contributed by atoms with E-state index in [2.05, 4.69) is 11.8 Å². The molecule has 0 heterocycles. The lowest BCUT2D eigenvalue weighted by atomic mass is 9.87. The summed E-state index contributed by atoms with van der Waals surface area (Å²) in [6.07, 6.45) is 1.98. The van der Waals surface area contributed by atoms with E-state index in [1.807, 2.05) is 6.92 Å². The molecule has 1 aliphatic rings. The fraction of sp³-hybridized carbons (Fsp3) is 0.714. The Balaban J connectivity index is 2.60. The van der Waals surface area contributed by atoms with Crippen LogP contribution in [0.5, 0.6) is 0 Å². The van der Waals surface area contributed by atoms with Gasteiger partial charge in [0.2, 0.25) is 0 Å². The summed E-state index contributed by atoms with van der Waals surface area (Å²) < 4.78 is 14.3. The van der Waals surface area contributed by atoms with Gasteiger partial charge in [-0.25, -0.2) is 4.39 Å². The number of halogens is 1. The number of aliphatic carboxylic acids is 1. The van der Waals surface area contributed by atoms with E-state index in [9.17, 15) is 24.2 Å². The maximum atomic E-state index is 14.3. The molecule has 6 heteroatoms. The predicted molar refractivity (Wildman–Crippen MR) is 101 cm³/mol. The zero-order valence-electron chi connectivity index (χ0n) is 16.1. The van der Waals surface area contributed by atoms with Crippen LogP contribution in [0, 0.1) is 29.6 Å². The Morgan fingerprint density at radius 3 is 2.59 bits per heavy atom. The number of hydrogen-bond donors (Lipinski definition) is 3. The first-order chi connectivity index (χ1) is 12.8. The average molecular weight is 382 g/mol. The van der Waals surface area contributed by atoms with Gasteiger partial charge < -0.3 is 15.3 Å². The molecule has 0 amide bonds. The number of hydrogen-bond acceptors (Lipinski definition) is 4. The number of aliphatic hydroxyl groups excluding tert-OH is 2. The Morgan fingerprint density at radius 2 is 1.96 bits per heavy atom. The molecule has 1 saturated carbocycles. The highest BCUT2D eigenvalue weighted by atomic mass is 19.1. The molecule has 0 aromatic heterocycles. The van der Waals surface area contributed by atoms with E-state index in [0.717, 1.165) is 0 Å². The molecular formula is C21H31FO5. The van der Waals surface area contributed by atoms with Crippen LogP contribution in [0.4, 0.5) is 4.39 Å². The van der Waals surface area contributed by atoms with Gasteiger partial charge in [-0.15, -0.1) is 11.8 Å². The largest absolute Gasteiger partial charge is 0.481 e. The summed E-state index contributed by atoms with van der Waals surface area (Å²) in [6.45, 7) is 3.59. The lowest BCUT2D eigenvalue weighted by molar-refractivity contribution is -0.137. The van der Waals surface area contributed by atoms with E-state index in [0.29, 0.717) is 19.3 Å². The Kier molecular flexibility index (Phi) is 10.3. The van der Waals surface area contributed by atoms with Crippen LogP contribution in [0.2, 0.25) is 0 Å². The number of carbonyl (C=O) groups excluding carboxylic acids is 1. The zero-order chi connectivity index (χ0) is 20.4. The van der Waals surface area contributed by atoms with Crippen molar-refractivity contribution >= 4 is 11.8 Å². The standard InChI is InChI=1S/C21H31FO5/c1-3-4-7-14(2)19(24)11-10-16-17(18(22)13-20(16)25)12-15(23)8-5-6-9-21(26)27/h10-11,14,16-20,24-25H,5-9,12-13H2,1-2H3,(H,26,27)/b11-10+/t14-,16+,17+,18+,19+,20+/m0/s1. The first-order valence-corrected chi connectivity index (χ1v) is 9.57. The molecule has 0 radical (unpaired) electrons. The Bertz CT molecular complexity index is 577. The van der Waals surface area contributed by atoms with Crippen molar-refractivity contribution in [3.05, 3.63) is 12.2 Å². The fourth-order valence-corrected chi connectivity index (χ4v) is 3.40. The van der Waals surface area contributed by atoms with Crippen molar-refractivity contribution in [1.29, 1.82) is 0 Å². The van der Waals surface area contributed by atoms with Crippen molar-refractivity contribution in [3.8, 4) is 11.8 Å². The number of alkyl halides is 1. The van der Waals surface area contributed by atoms with Gasteiger partial charge in [-0.2, -0.15) is 0 Å². The third kappa shape index (κ3) is 8.23. The van der Waals surface area contributed by atoms with E-state index in [4.69, 9.17) is 5.11 Å². The highest BCUT2D eigenvalue weighted by Crippen LogP contribution is 2.38. The predicted octanol–water partition coefficient (Wildman–Crippen LogP) is 2.89. The third-order valence-corrected chi connectivity index (χ3v) is 5.14. The Hall–Kier alpha value is -1.71. The highest BCUT2D eigenvalue weighted by molar-refractivity contribution is 5.78. The van der Waals surface area contributed by atoms with E-state index >= 15 is 0 Å². The number of carbonyl (C=O) groups is 2. The normalized spacial score (nSPS) is 27.1. The number of carboxylic acid groups (broad SMARTS) is 1. The zero-order valence-corrected chi connectivity index (χ0v) is 16.1. The van der Waals surface area contributed by atoms with E-state index in [-0.39, 0.29) is 37.4 Å². The first kappa shape index (κ1) is 23.3. The van der Waals surface area contributed by atoms with Crippen LogP contribution in [0.25, 0.3) is 0 Å². The molecule has 0 saturated heterocycles. The molecule has 1 fully saturated rings. The SMILES string of the molecule is CC#CC[C@H](C)[C@H](O)/C=C/[C@@H]1[C@@H](CC(=O)CCCCC(=O)O)[C@H](F)C[C@H]1O. The Labute approximate surface area is 160 Å². The molecule has 0 aromatic rings. The van der Waals surface area contributed by atoms with Gasteiger partial charge >= 0.3 is 5.97 Å². The van der Waals surface area contributed by atoms with Crippen LogP contribution in [0.15, 0.2) is 12.2 Å². The molecule has 6 atom stereocenters. The van der Waals surface area contributed by atoms with Gasteiger partial charge in [-0.05, 0) is 25.7 Å². The van der Waals surface area contributed by atoms with Gasteiger partial charge in [0.15, 0.2) is 0 Å². The molecule has 0 aromatic carbocycles. The van der Waals surface area contributed by atoms with Crippen molar-refractivity contribution in [2.75, 3.05) is 0 Å². The lowest BCUT2D eigenvalue weighted by Gasteiger charge is -2.20. The van der Waals surface area contributed by atoms with Gasteiger partial charge in [0.05, 0.1) is 12.2 Å². The summed E-state index contributed by atoms with van der Waals surface area (Å²) in [6, 6.07) is 0. The average Bonchev–Trinajstić information content (AvgIpc) is 2.87. The molecule has 0 spiro atoms. The van der Waals surface area contributed by atoms with Gasteiger partial charge in [0.25, 0.3) is 0 Å². The summed E-state index contributed by atoms with van der Waals surface area (Å²) >= 11 is 0. The minimum Gasteiger partial charge on any atom is -0.481 e. The van der Waals surface area contributed by atoms with Gasteiger partial charge in [-0.3, -0.25) is 9.59 Å². The minimum atomic E-state index is -1.27. The molecule has 152 valence electrons. The number of aliphatic hydroxyl groups is 2. The molecule has 27 heavy (non-hydrogen) atoms. The molecule has 1 aliphatic carbocycles. The lowest BCUT2D eigenvalue weighted by Crippen LogP contribution is -2.23. The van der Waals surface area contributed by atoms with Crippen LogP contribution in [-0.2, 0) is 9.59 Å². The summed E-state index contributed by atoms with van der Waals surface area (Å²) in [4.78, 5) is 22.6. The summed E-state index contributed by atoms with van der Waals surface area (Å²) in [5.74, 6) is 3.46. The van der Waals surface area contributed by atoms with Crippen molar-refractivity contribution in [2.45, 2.75) is 77.2 Å². The second-order valence-electron chi connectivity index (χ2n) is 7.39. The number of carboxylic acids is 1. The molecule has 0 unspecified atom stereocenters. The second kappa shape index (κ2) is 11.9. The van der Waals surface area contributed by atoms with Crippen molar-refractivity contribution in [2.24, 2.45) is 17.8 Å². The molecule has 1 rings (SSSR count). The number of Topliss-reactive ketones (excluding diaryl/α,β-unsaturated/α-hetero) is 1. The van der Waals surface area contributed by atoms with Gasteiger partial charge in [-0.1, -0.05) is 19.1 Å². The third-order valence-electron chi connectivity index (χ3n) is 5.14. The number of unbranched alkanes of at least 4 members (excludes halogenated alkanes) is 1. The smallest absolute Gasteiger partial charge is 0.303 e. The van der Waals surface area contributed by atoms with Crippen molar-refractivity contribution < 1.29 is 29.3 Å². The van der Waals surface area contributed by atoms with Crippen LogP contribution in [-0.4, -0.2) is 45.5 Å². The van der Waals surface area contributed by atoms with E-state index in [1.165, 1.54) is 0 Å². The molecule has 0 bridgehead atoms. The minimum absolute atomic E-state index is 0.0150. The summed E-state index contributed by atoms with van der Waals surface area (Å²) in [5, 5.41) is 28.9. The van der Waals surface area contributed by atoms with Crippen LogP contribution in [0.1, 0.15) is 58.8 Å². The van der Waals surface area contributed by atoms with Crippen LogP contribution in [0.3, 0.4) is 0 Å². The topological polar surface area (TPSA) is 94.8 Å². The molecule has 3 N–H and O–H groups in total. The van der Waals surface area contributed by atoms with Crippen molar-refractivity contribution in [1.82, 2.24) is 0 Å². The van der Waals surface area contributed by atoms with Gasteiger partial charge in [0, 0.05) is 43.9 Å². The Morgan fingerprint density at radius 1 is 1.30 bits per heavy atom. The fourth-order valence-electron chi connectivity index (χ4n) is 3.40. The van der Waals surface area contributed by atoms with Crippen LogP contribution >= 0.6 is 0 Å². The molecule has 0 aliphatic heterocycles. The monoisotopic (exact) mass is 382 g/mol. The highest BCUT2D eigenvalue weighted by Gasteiger charge is 2.42. The maximum Gasteiger partial charge on any atom is 0.303 e. The van der Waals surface area contributed by atoms with E-state index < -0.39 is 36.2 Å². The number of ketones is 1. The van der Waals surface area contributed by atoms with E-state index in [1.54, 1.807) is 19.1 Å². The second-order valence-corrected chi connectivity index (χ2v) is 7.39. The summed E-state index contributed by atoms with van der Waals surface area (Å²) in [7, 11) is 0.